The first kappa shape index (κ1) is 52.6. The van der Waals surface area contributed by atoms with Crippen LogP contribution in [0.2, 0.25) is 0 Å². The summed E-state index contributed by atoms with van der Waals surface area (Å²) in [5, 5.41) is 19.6. The van der Waals surface area contributed by atoms with Crippen LogP contribution >= 0.6 is 11.3 Å². The number of nitrogens with one attached hydrogen (secondary N) is 3. The fourth-order valence-corrected chi connectivity index (χ4v) is 10.5. The number of rotatable bonds is 20. The minimum Gasteiger partial charge on any atom is -0.488 e. The number of carbonyl (C=O) groups excluding carboxylic acids is 6. The number of amides is 6. The maximum Gasteiger partial charge on any atom is 0.246 e. The molecule has 380 valence electrons. The van der Waals surface area contributed by atoms with Gasteiger partial charge in [0.2, 0.25) is 35.4 Å². The Balaban J connectivity index is 0.886. The summed E-state index contributed by atoms with van der Waals surface area (Å²) in [5.74, 6) is -3.12. The van der Waals surface area contributed by atoms with Crippen molar-refractivity contribution in [2.24, 2.45) is 16.9 Å². The molecule has 1 fully saturated rings. The quantitative estimate of drug-likeness (QED) is 0.0642. The first-order chi connectivity index (χ1) is 33.8. The van der Waals surface area contributed by atoms with E-state index in [1.165, 1.54) is 15.9 Å². The molecule has 0 radical (unpaired) electrons. The number of para-hydroxylation sites is 1. The number of aryl methyl sites for hydroxylation is 3. The van der Waals surface area contributed by atoms with Crippen LogP contribution in [-0.4, -0.2) is 99.9 Å². The number of likely N-dealkylation sites (tertiary alicyclic amines) is 1. The number of aliphatic hydroxyl groups is 1. The predicted octanol–water partition coefficient (Wildman–Crippen LogP) is 5.09. The number of hydrogen-bond donors (Lipinski definition) is 6. The number of unbranched alkanes of at least 4 members (excludes halogenated alkanes) is 2. The van der Waals surface area contributed by atoms with E-state index in [4.69, 9.17) is 16.2 Å². The minimum absolute atomic E-state index is 0.0302. The van der Waals surface area contributed by atoms with Crippen LogP contribution in [0.1, 0.15) is 113 Å². The zero-order valence-electron chi connectivity index (χ0n) is 41.2. The van der Waals surface area contributed by atoms with E-state index < -0.39 is 65.3 Å². The van der Waals surface area contributed by atoms with Crippen molar-refractivity contribution in [1.82, 2.24) is 25.8 Å². The Kier molecular flexibility index (Phi) is 16.9. The molecule has 4 heterocycles. The molecule has 1 saturated heterocycles. The molecule has 3 aliphatic heterocycles. The molecule has 6 amide bonds. The molecule has 71 heavy (non-hydrogen) atoms. The Hall–Kier alpha value is -6.24. The van der Waals surface area contributed by atoms with E-state index in [0.29, 0.717) is 44.9 Å². The topological polar surface area (TPSA) is 239 Å². The zero-order valence-corrected chi connectivity index (χ0v) is 42.0. The molecule has 0 unspecified atom stereocenters. The lowest BCUT2D eigenvalue weighted by molar-refractivity contribution is -0.144. The highest BCUT2D eigenvalue weighted by Gasteiger charge is 2.45. The van der Waals surface area contributed by atoms with Crippen LogP contribution in [-0.2, 0) is 48.0 Å². The third-order valence-corrected chi connectivity index (χ3v) is 14.7. The van der Waals surface area contributed by atoms with Crippen LogP contribution in [0.25, 0.3) is 10.4 Å². The highest BCUT2D eigenvalue weighted by Crippen LogP contribution is 2.39. The summed E-state index contributed by atoms with van der Waals surface area (Å²) in [7, 11) is 0. The molecule has 0 aliphatic carbocycles. The van der Waals surface area contributed by atoms with Gasteiger partial charge in [-0.05, 0) is 97.7 Å². The number of benzene rings is 3. The molecule has 0 bridgehead atoms. The molecular weight excluding hydrogens is 928 g/mol. The minimum atomic E-state index is -0.956. The second-order valence-electron chi connectivity index (χ2n) is 20.2. The van der Waals surface area contributed by atoms with Crippen LogP contribution in [0.3, 0.4) is 0 Å². The number of aromatic nitrogens is 1. The summed E-state index contributed by atoms with van der Waals surface area (Å²) in [6.45, 7) is 9.15. The number of aliphatic hydroxyl groups excluding tert-OH is 1. The molecule has 1 aromatic heterocycles. The third kappa shape index (κ3) is 12.8. The molecule has 0 saturated carbocycles. The smallest absolute Gasteiger partial charge is 0.246 e. The van der Waals surface area contributed by atoms with Gasteiger partial charge in [0.25, 0.3) is 0 Å². The highest BCUT2D eigenvalue weighted by atomic mass is 32.1. The normalized spacial score (nSPS) is 19.9. The van der Waals surface area contributed by atoms with Gasteiger partial charge < -0.3 is 42.2 Å². The van der Waals surface area contributed by atoms with Crippen LogP contribution in [0.5, 0.6) is 5.75 Å². The lowest BCUT2D eigenvalue weighted by Gasteiger charge is -2.35. The summed E-state index contributed by atoms with van der Waals surface area (Å²) in [6, 6.07) is 13.6. The van der Waals surface area contributed by atoms with Gasteiger partial charge in [-0.3, -0.25) is 33.7 Å². The van der Waals surface area contributed by atoms with E-state index in [-0.39, 0.29) is 68.3 Å². The Morgan fingerprint density at radius 3 is 2.39 bits per heavy atom. The number of anilines is 1. The molecule has 7 atom stereocenters. The standard InChI is InChI=1S/C53H67FN8O8S/c1-30(33-15-17-35(18-16-33)47-31(2)57-29-71-47)58-49(66)41-26-38(63)27-61(41)52(69)48(53(3,4)5)60-45(65)13-8-6-7-10-32-14-21-39(54)43(24-32)70-28-37(20-23-44(56)64)59-50(67)42-25-36-12-9-11-34-19-22-40(55)51(68)62(42)46(34)36/h9,11-12,14-18,21,24,29-30,37-38,40-42,48,63H,6-8,10,13,19-20,22-23,25-28,55H2,1-5H3,(H2,56,64)(H,58,66)(H,59,67)(H,60,65)/t30-,37-,38+,40-,41-,42-,48+/m0/s1. The molecular formula is C53H67FN8O8S. The van der Waals surface area contributed by atoms with E-state index >= 15 is 4.39 Å². The lowest BCUT2D eigenvalue weighted by atomic mass is 9.85. The zero-order chi connectivity index (χ0) is 51.1. The van der Waals surface area contributed by atoms with Gasteiger partial charge in [-0.25, -0.2) is 9.37 Å². The number of hydrogen-bond acceptors (Lipinski definition) is 11. The van der Waals surface area contributed by atoms with E-state index in [2.05, 4.69) is 20.9 Å². The van der Waals surface area contributed by atoms with Gasteiger partial charge in [0.1, 0.15) is 24.7 Å². The Bertz CT molecular complexity index is 2600. The maximum atomic E-state index is 15.1. The van der Waals surface area contributed by atoms with Gasteiger partial charge in [0.05, 0.1) is 46.0 Å². The van der Waals surface area contributed by atoms with Crippen molar-refractivity contribution >= 4 is 52.5 Å². The van der Waals surface area contributed by atoms with E-state index in [0.717, 1.165) is 44.1 Å². The molecule has 16 nitrogen and oxygen atoms in total. The second kappa shape index (κ2) is 22.9. The third-order valence-electron chi connectivity index (χ3n) is 13.7. The van der Waals surface area contributed by atoms with Crippen molar-refractivity contribution in [1.29, 1.82) is 0 Å². The number of halogens is 1. The molecule has 18 heteroatoms. The molecule has 7 rings (SSSR count). The molecule has 8 N–H and O–H groups in total. The predicted molar refractivity (Wildman–Crippen MR) is 268 cm³/mol. The molecule has 4 aromatic rings. The summed E-state index contributed by atoms with van der Waals surface area (Å²) in [4.78, 5) is 88.6. The Morgan fingerprint density at radius 1 is 0.958 bits per heavy atom. The van der Waals surface area contributed by atoms with Crippen LogP contribution < -0.4 is 37.1 Å². The number of ether oxygens (including phenoxy) is 1. The summed E-state index contributed by atoms with van der Waals surface area (Å²) >= 11 is 1.56. The van der Waals surface area contributed by atoms with Crippen LogP contribution in [0, 0.1) is 18.2 Å². The average molecular weight is 995 g/mol. The van der Waals surface area contributed by atoms with Crippen LogP contribution in [0.15, 0.2) is 66.2 Å². The Morgan fingerprint density at radius 2 is 1.69 bits per heavy atom. The number of thiazole rings is 1. The maximum absolute atomic E-state index is 15.1. The Labute approximate surface area is 418 Å². The van der Waals surface area contributed by atoms with Crippen molar-refractivity contribution < 1.29 is 43.0 Å². The van der Waals surface area contributed by atoms with Crippen molar-refractivity contribution in [2.45, 2.75) is 148 Å². The number of nitrogens with zero attached hydrogens (tertiary/aromatic N) is 3. The van der Waals surface area contributed by atoms with E-state index in [1.54, 1.807) is 29.0 Å². The first-order valence-corrected chi connectivity index (χ1v) is 25.4. The van der Waals surface area contributed by atoms with Gasteiger partial charge in [-0.1, -0.05) is 75.7 Å². The van der Waals surface area contributed by atoms with Gasteiger partial charge in [0, 0.05) is 32.2 Å². The summed E-state index contributed by atoms with van der Waals surface area (Å²) in [5.41, 5.74) is 19.0. The van der Waals surface area contributed by atoms with Crippen molar-refractivity contribution in [3.05, 3.63) is 99.9 Å². The average Bonchev–Trinajstić information content (AvgIpc) is 4.05. The largest absolute Gasteiger partial charge is 0.488 e. The van der Waals surface area contributed by atoms with Gasteiger partial charge in [0.15, 0.2) is 11.6 Å². The monoisotopic (exact) mass is 994 g/mol. The number of primary amides is 1. The van der Waals surface area contributed by atoms with Gasteiger partial charge in [-0.2, -0.15) is 0 Å². The number of carbonyl (C=O) groups is 6. The van der Waals surface area contributed by atoms with Gasteiger partial charge >= 0.3 is 0 Å². The van der Waals surface area contributed by atoms with Crippen molar-refractivity contribution in [3.63, 3.8) is 0 Å². The summed E-state index contributed by atoms with van der Waals surface area (Å²) in [6.07, 6.45) is 3.16. The van der Waals surface area contributed by atoms with E-state index in [9.17, 15) is 33.9 Å². The van der Waals surface area contributed by atoms with Crippen molar-refractivity contribution in [3.8, 4) is 16.2 Å². The fraction of sp³-hybridized carbons (Fsp3) is 0.491. The highest BCUT2D eigenvalue weighted by molar-refractivity contribution is 7.13. The number of nitrogens with two attached hydrogens (primary N) is 2. The SMILES string of the molecule is Cc1ncsc1-c1ccc([C@H](C)NC(=O)[C@@H]2C[C@@H](O)CN2C(=O)[C@@H](NC(=O)CCCCCc2ccc(F)c(OC[C@H](CCC(N)=O)NC(=O)[C@@H]3Cc4cccc5c4N3C(=O)[C@@H](N)CC5)c2)C(C)(C)C)cc1. The molecule has 3 aliphatic rings. The second-order valence-corrected chi connectivity index (χ2v) is 21.1. The molecule has 3 aromatic carbocycles. The lowest BCUT2D eigenvalue weighted by Crippen LogP contribution is -2.57. The summed E-state index contributed by atoms with van der Waals surface area (Å²) < 4.78 is 21.1. The van der Waals surface area contributed by atoms with Crippen molar-refractivity contribution in [2.75, 3.05) is 18.1 Å². The van der Waals surface area contributed by atoms with Crippen LogP contribution in [0.4, 0.5) is 10.1 Å². The number of β-amino-alcohol motifs (C(OH)–C–C–N with tert-alkyl or cyclic N) is 1. The molecule has 0 spiro atoms. The van der Waals surface area contributed by atoms with E-state index in [1.807, 2.05) is 77.1 Å². The fourth-order valence-electron chi connectivity index (χ4n) is 9.72. The van der Waals surface area contributed by atoms with Gasteiger partial charge in [-0.15, -0.1) is 11.3 Å². The first-order valence-electron chi connectivity index (χ1n) is 24.6.